The number of piperidine rings is 1. The number of allylic oxidation sites excluding steroid dienone is 1. The Morgan fingerprint density at radius 3 is 2.57 bits per heavy atom. The van der Waals surface area contributed by atoms with E-state index in [1.807, 2.05) is 43.3 Å². The molecule has 8 heteroatoms. The molecule has 1 fully saturated rings. The Labute approximate surface area is 209 Å². The van der Waals surface area contributed by atoms with E-state index in [1.54, 1.807) is 31.3 Å². The summed E-state index contributed by atoms with van der Waals surface area (Å²) in [6.45, 7) is 5.15. The summed E-state index contributed by atoms with van der Waals surface area (Å²) in [5, 5.41) is 4.64. The van der Waals surface area contributed by atoms with Crippen molar-refractivity contribution in [2.45, 2.75) is 32.7 Å². The van der Waals surface area contributed by atoms with Gasteiger partial charge in [0.05, 0.1) is 20.0 Å². The van der Waals surface area contributed by atoms with Crippen LogP contribution in [-0.4, -0.2) is 49.7 Å². The van der Waals surface area contributed by atoms with Crippen LogP contribution < -0.4 is 10.1 Å². The number of nitrogens with one attached hydrogen (secondary N) is 1. The minimum atomic E-state index is -0.298. The number of methoxy groups -OCH3 is 1. The van der Waals surface area contributed by atoms with Crippen molar-refractivity contribution < 1.29 is 23.5 Å². The molecule has 0 unspecified atom stereocenters. The zero-order valence-electron chi connectivity index (χ0n) is 20.1. The van der Waals surface area contributed by atoms with Gasteiger partial charge in [-0.3, -0.25) is 4.79 Å². The van der Waals surface area contributed by atoms with Crippen molar-refractivity contribution in [1.82, 2.24) is 10.2 Å². The number of carbonyl (C=O) groups is 2. The third-order valence-corrected chi connectivity index (χ3v) is 6.44. The van der Waals surface area contributed by atoms with Crippen LogP contribution in [0.15, 0.2) is 53.2 Å². The molecule has 0 atom stereocenters. The van der Waals surface area contributed by atoms with E-state index >= 15 is 0 Å². The fraction of sp³-hybridized carbons (Fsp3) is 0.333. The van der Waals surface area contributed by atoms with E-state index in [0.29, 0.717) is 48.9 Å². The number of likely N-dealkylation sites (tertiary alicyclic amines) is 1. The summed E-state index contributed by atoms with van der Waals surface area (Å²) in [4.78, 5) is 26.3. The van der Waals surface area contributed by atoms with Gasteiger partial charge in [0.2, 0.25) is 5.91 Å². The summed E-state index contributed by atoms with van der Waals surface area (Å²) in [5.74, 6) is 0.447. The second-order valence-electron chi connectivity index (χ2n) is 8.50. The molecule has 2 heterocycles. The van der Waals surface area contributed by atoms with Crippen molar-refractivity contribution in [3.63, 3.8) is 0 Å². The third-order valence-electron chi connectivity index (χ3n) is 6.19. The zero-order valence-corrected chi connectivity index (χ0v) is 20.9. The minimum absolute atomic E-state index is 0.00647. The van der Waals surface area contributed by atoms with Gasteiger partial charge in [-0.25, -0.2) is 4.79 Å². The van der Waals surface area contributed by atoms with Gasteiger partial charge in [0.1, 0.15) is 11.3 Å². The lowest BCUT2D eigenvalue weighted by molar-refractivity contribution is -0.117. The molecule has 0 bridgehead atoms. The monoisotopic (exact) mass is 496 g/mol. The first kappa shape index (κ1) is 24.7. The number of furan rings is 1. The number of hydrogen-bond donors (Lipinski definition) is 1. The van der Waals surface area contributed by atoms with E-state index in [2.05, 4.69) is 5.32 Å². The molecule has 7 nitrogen and oxygen atoms in total. The second kappa shape index (κ2) is 10.9. The number of hydrogen-bond acceptors (Lipinski definition) is 5. The van der Waals surface area contributed by atoms with Gasteiger partial charge in [-0.2, -0.15) is 0 Å². The van der Waals surface area contributed by atoms with E-state index in [0.717, 1.165) is 27.6 Å². The highest BCUT2D eigenvalue weighted by atomic mass is 35.5. The van der Waals surface area contributed by atoms with Gasteiger partial charge >= 0.3 is 6.09 Å². The maximum absolute atomic E-state index is 12.8. The number of fused-ring (bicyclic) bond motifs is 1. The lowest BCUT2D eigenvalue weighted by Gasteiger charge is -2.31. The van der Waals surface area contributed by atoms with Crippen LogP contribution in [0.4, 0.5) is 4.79 Å². The highest BCUT2D eigenvalue weighted by molar-refractivity contribution is 6.30. The van der Waals surface area contributed by atoms with Crippen molar-refractivity contribution in [2.24, 2.45) is 0 Å². The Morgan fingerprint density at radius 1 is 1.20 bits per heavy atom. The lowest BCUT2D eigenvalue weighted by Crippen LogP contribution is -2.46. The third kappa shape index (κ3) is 5.62. The van der Waals surface area contributed by atoms with E-state index in [9.17, 15) is 9.59 Å². The molecule has 1 N–H and O–H groups in total. The summed E-state index contributed by atoms with van der Waals surface area (Å²) in [6.07, 6.45) is 4.38. The van der Waals surface area contributed by atoms with Crippen LogP contribution in [0.1, 0.15) is 32.3 Å². The maximum Gasteiger partial charge on any atom is 0.409 e. The van der Waals surface area contributed by atoms with Crippen LogP contribution in [0.5, 0.6) is 5.75 Å². The predicted octanol–water partition coefficient (Wildman–Crippen LogP) is 5.90. The highest BCUT2D eigenvalue weighted by Gasteiger charge is 2.24. The van der Waals surface area contributed by atoms with Crippen LogP contribution in [0.3, 0.4) is 0 Å². The number of benzene rings is 2. The molecule has 184 valence electrons. The number of amides is 2. The molecule has 1 aliphatic rings. The van der Waals surface area contributed by atoms with Gasteiger partial charge in [-0.05, 0) is 56.0 Å². The van der Waals surface area contributed by atoms with E-state index in [-0.39, 0.29) is 18.0 Å². The molecule has 35 heavy (non-hydrogen) atoms. The van der Waals surface area contributed by atoms with Gasteiger partial charge in [0, 0.05) is 52.8 Å². The van der Waals surface area contributed by atoms with Crippen LogP contribution in [-0.2, 0) is 9.53 Å². The van der Waals surface area contributed by atoms with Crippen LogP contribution >= 0.6 is 11.6 Å². The van der Waals surface area contributed by atoms with E-state index < -0.39 is 0 Å². The van der Waals surface area contributed by atoms with E-state index in [4.69, 9.17) is 25.5 Å². The molecule has 0 radical (unpaired) electrons. The predicted molar refractivity (Wildman–Crippen MR) is 137 cm³/mol. The topological polar surface area (TPSA) is 81.0 Å². The summed E-state index contributed by atoms with van der Waals surface area (Å²) < 4.78 is 16.4. The SMILES string of the molecule is CCOC(=O)N1CCC(NC(=O)/C=C(\C)c2cc3c(-c4ccc(Cl)cc4)coc3cc2OC)CC1. The largest absolute Gasteiger partial charge is 0.496 e. The molecule has 1 aliphatic heterocycles. The molecule has 0 aliphatic carbocycles. The van der Waals surface area contributed by atoms with Gasteiger partial charge in [0.15, 0.2) is 0 Å². The van der Waals surface area contributed by atoms with Crippen molar-refractivity contribution in [1.29, 1.82) is 0 Å². The summed E-state index contributed by atoms with van der Waals surface area (Å²) in [5.41, 5.74) is 4.20. The number of nitrogens with zero attached hydrogens (tertiary/aromatic N) is 1. The standard InChI is InChI=1S/C27H29ClN2O5/c1-4-34-27(32)30-11-9-20(10-12-30)29-26(31)13-17(2)21-14-22-23(18-5-7-19(28)8-6-18)16-35-25(22)15-24(21)33-3/h5-8,13-16,20H,4,9-12H2,1-3H3,(H,29,31)/b17-13+. The fourth-order valence-corrected chi connectivity index (χ4v) is 4.45. The molecule has 0 spiro atoms. The number of halogens is 1. The molecule has 1 saturated heterocycles. The number of carbonyl (C=O) groups excluding carboxylic acids is 2. The summed E-state index contributed by atoms with van der Waals surface area (Å²) in [6, 6.07) is 11.4. The molecule has 1 aromatic heterocycles. The van der Waals surface area contributed by atoms with Gasteiger partial charge in [-0.15, -0.1) is 0 Å². The Bertz CT molecular complexity index is 1240. The van der Waals surface area contributed by atoms with Crippen molar-refractivity contribution >= 4 is 40.1 Å². The summed E-state index contributed by atoms with van der Waals surface area (Å²) in [7, 11) is 1.60. The maximum atomic E-state index is 12.8. The second-order valence-corrected chi connectivity index (χ2v) is 8.94. The number of rotatable bonds is 6. The van der Waals surface area contributed by atoms with E-state index in [1.165, 1.54) is 0 Å². The average molecular weight is 497 g/mol. The summed E-state index contributed by atoms with van der Waals surface area (Å²) >= 11 is 6.04. The molecule has 2 amide bonds. The van der Waals surface area contributed by atoms with Crippen LogP contribution in [0, 0.1) is 0 Å². The Balaban J connectivity index is 1.51. The van der Waals surface area contributed by atoms with Crippen LogP contribution in [0.2, 0.25) is 5.02 Å². The quantitative estimate of drug-likeness (QED) is 0.429. The zero-order chi connectivity index (χ0) is 24.9. The Morgan fingerprint density at radius 2 is 1.91 bits per heavy atom. The molecule has 2 aromatic carbocycles. The van der Waals surface area contributed by atoms with Crippen molar-refractivity contribution in [2.75, 3.05) is 26.8 Å². The molecule has 4 rings (SSSR count). The Kier molecular flexibility index (Phi) is 7.66. The van der Waals surface area contributed by atoms with Gasteiger partial charge < -0.3 is 24.1 Å². The minimum Gasteiger partial charge on any atom is -0.496 e. The molecule has 0 saturated carbocycles. The van der Waals surface area contributed by atoms with Crippen LogP contribution in [0.25, 0.3) is 27.7 Å². The molecular formula is C27H29ClN2O5. The first-order valence-electron chi connectivity index (χ1n) is 11.7. The van der Waals surface area contributed by atoms with Gasteiger partial charge in [-0.1, -0.05) is 23.7 Å². The van der Waals surface area contributed by atoms with Crippen molar-refractivity contribution in [3.8, 4) is 16.9 Å². The Hall–Kier alpha value is -3.45. The first-order chi connectivity index (χ1) is 16.9. The normalized spacial score (nSPS) is 14.7. The average Bonchev–Trinajstić information content (AvgIpc) is 3.27. The highest BCUT2D eigenvalue weighted by Crippen LogP contribution is 2.37. The lowest BCUT2D eigenvalue weighted by atomic mass is 9.99. The molecular weight excluding hydrogens is 468 g/mol. The van der Waals surface area contributed by atoms with Crippen molar-refractivity contribution in [3.05, 3.63) is 59.3 Å². The first-order valence-corrected chi connectivity index (χ1v) is 12.0. The fourth-order valence-electron chi connectivity index (χ4n) is 4.32. The number of ether oxygens (including phenoxy) is 2. The van der Waals surface area contributed by atoms with Gasteiger partial charge in [0.25, 0.3) is 0 Å². The molecule has 3 aromatic rings. The smallest absolute Gasteiger partial charge is 0.409 e.